The van der Waals surface area contributed by atoms with E-state index in [-0.39, 0.29) is 11.3 Å². The first-order chi connectivity index (χ1) is 16.3. The van der Waals surface area contributed by atoms with Crippen molar-refractivity contribution in [1.29, 1.82) is 0 Å². The van der Waals surface area contributed by atoms with E-state index in [1.807, 2.05) is 38.1 Å². The second-order valence-corrected chi connectivity index (χ2v) is 8.59. The van der Waals surface area contributed by atoms with Gasteiger partial charge in [0.25, 0.3) is 5.78 Å². The van der Waals surface area contributed by atoms with Crippen molar-refractivity contribution in [3.63, 3.8) is 0 Å². The number of ketones is 1. The molecule has 0 bridgehead atoms. The summed E-state index contributed by atoms with van der Waals surface area (Å²) in [6, 6.07) is 17.4. The van der Waals surface area contributed by atoms with Crippen LogP contribution in [0.1, 0.15) is 55.0 Å². The van der Waals surface area contributed by atoms with Crippen LogP contribution in [-0.4, -0.2) is 28.4 Å². The summed E-state index contributed by atoms with van der Waals surface area (Å²) in [5.41, 5.74) is 3.12. The topological polar surface area (TPSA) is 79.7 Å². The number of hydrogen-bond acceptors (Lipinski definition) is 5. The highest BCUT2D eigenvalue weighted by Gasteiger charge is 2.47. The molecule has 6 heteroatoms. The maximum atomic E-state index is 13.3. The molecule has 4 rings (SSSR count). The Labute approximate surface area is 199 Å². The highest BCUT2D eigenvalue weighted by atomic mass is 16.5. The van der Waals surface area contributed by atoms with E-state index in [1.54, 1.807) is 42.6 Å². The third kappa shape index (κ3) is 4.19. The molecule has 2 aromatic carbocycles. The number of amides is 1. The number of hydrogen-bond donors (Lipinski definition) is 1. The number of benzene rings is 2. The molecule has 1 N–H and O–H groups in total. The van der Waals surface area contributed by atoms with Crippen LogP contribution in [0.2, 0.25) is 0 Å². The van der Waals surface area contributed by atoms with Crippen LogP contribution in [0.4, 0.5) is 5.82 Å². The Bertz CT molecular complexity index is 1250. The van der Waals surface area contributed by atoms with Crippen molar-refractivity contribution in [2.45, 2.75) is 39.7 Å². The number of aliphatic hydroxyl groups excluding tert-OH is 1. The lowest BCUT2D eigenvalue weighted by atomic mass is 9.92. The van der Waals surface area contributed by atoms with Crippen molar-refractivity contribution in [2.24, 2.45) is 0 Å². The number of pyridine rings is 1. The van der Waals surface area contributed by atoms with Crippen molar-refractivity contribution < 1.29 is 19.4 Å². The lowest BCUT2D eigenvalue weighted by Gasteiger charge is -2.25. The van der Waals surface area contributed by atoms with Gasteiger partial charge in [-0.2, -0.15) is 0 Å². The molecule has 2 heterocycles. The molecule has 1 atom stereocenters. The highest BCUT2D eigenvalue weighted by molar-refractivity contribution is 6.51. The van der Waals surface area contributed by atoms with E-state index in [0.29, 0.717) is 29.7 Å². The molecule has 1 aromatic heterocycles. The van der Waals surface area contributed by atoms with Gasteiger partial charge >= 0.3 is 5.91 Å². The maximum Gasteiger partial charge on any atom is 0.301 e. The molecule has 0 aliphatic carbocycles. The summed E-state index contributed by atoms with van der Waals surface area (Å²) in [4.78, 5) is 32.2. The lowest BCUT2D eigenvalue weighted by Crippen LogP contribution is -2.30. The summed E-state index contributed by atoms with van der Waals surface area (Å²) in [6.07, 6.45) is 1.57. The number of aryl methyl sites for hydroxylation is 1. The summed E-state index contributed by atoms with van der Waals surface area (Å²) in [7, 11) is 0. The van der Waals surface area contributed by atoms with Crippen LogP contribution in [0.5, 0.6) is 5.75 Å². The Morgan fingerprint density at radius 2 is 1.82 bits per heavy atom. The van der Waals surface area contributed by atoms with E-state index in [4.69, 9.17) is 4.74 Å². The molecule has 1 aliphatic heterocycles. The molecule has 3 aromatic rings. The first-order valence-electron chi connectivity index (χ1n) is 11.4. The summed E-state index contributed by atoms with van der Waals surface area (Å²) in [5, 5.41) is 11.4. The fraction of sp³-hybridized carbons (Fsp3) is 0.250. The lowest BCUT2D eigenvalue weighted by molar-refractivity contribution is -0.132. The van der Waals surface area contributed by atoms with E-state index in [9.17, 15) is 14.7 Å². The molecular weight excluding hydrogens is 428 g/mol. The summed E-state index contributed by atoms with van der Waals surface area (Å²) in [5.74, 6) is -0.314. The van der Waals surface area contributed by atoms with Gasteiger partial charge in [-0.15, -0.1) is 0 Å². The standard InChI is InChI=1S/C28H28N2O4/c1-5-34-21-13-14-22(18(4)16-21)26(31)24-25(20-11-9-19(10-12-20)17(2)3)30(28(33)27(24)32)23-8-6-7-15-29-23/h6-17,25,31H,5H2,1-4H3/t25-/m0/s1. The maximum absolute atomic E-state index is 13.3. The Balaban J connectivity index is 1.90. The normalized spacial score (nSPS) is 17.4. The SMILES string of the molecule is CCOc1ccc(C(O)=C2C(=O)C(=O)N(c3ccccn3)[C@H]2c2ccc(C(C)C)cc2)c(C)c1. The molecule has 0 radical (unpaired) electrons. The van der Waals surface area contributed by atoms with Crippen LogP contribution in [0.3, 0.4) is 0 Å². The first-order valence-corrected chi connectivity index (χ1v) is 11.4. The van der Waals surface area contributed by atoms with Crippen LogP contribution < -0.4 is 9.64 Å². The zero-order valence-electron chi connectivity index (χ0n) is 19.8. The molecule has 0 spiro atoms. The minimum Gasteiger partial charge on any atom is -0.507 e. The number of anilines is 1. The predicted molar refractivity (Wildman–Crippen MR) is 132 cm³/mol. The van der Waals surface area contributed by atoms with Gasteiger partial charge in [0.2, 0.25) is 0 Å². The number of rotatable bonds is 6. The number of aliphatic hydroxyl groups is 1. The van der Waals surface area contributed by atoms with Crippen LogP contribution in [-0.2, 0) is 9.59 Å². The van der Waals surface area contributed by atoms with E-state index in [0.717, 1.165) is 16.7 Å². The van der Waals surface area contributed by atoms with Crippen LogP contribution in [0.15, 0.2) is 72.4 Å². The number of nitrogens with zero attached hydrogens (tertiary/aromatic N) is 2. The minimum absolute atomic E-state index is 0.0419. The second kappa shape index (κ2) is 9.51. The third-order valence-electron chi connectivity index (χ3n) is 6.02. The van der Waals surface area contributed by atoms with Crippen molar-refractivity contribution in [1.82, 2.24) is 4.98 Å². The summed E-state index contributed by atoms with van der Waals surface area (Å²) < 4.78 is 5.55. The van der Waals surface area contributed by atoms with Crippen LogP contribution >= 0.6 is 0 Å². The fourth-order valence-electron chi connectivity index (χ4n) is 4.25. The van der Waals surface area contributed by atoms with Gasteiger partial charge in [-0.3, -0.25) is 14.5 Å². The van der Waals surface area contributed by atoms with E-state index < -0.39 is 17.7 Å². The highest BCUT2D eigenvalue weighted by Crippen LogP contribution is 2.42. The van der Waals surface area contributed by atoms with E-state index in [1.165, 1.54) is 4.90 Å². The van der Waals surface area contributed by atoms with Crippen molar-refractivity contribution in [3.8, 4) is 5.75 Å². The van der Waals surface area contributed by atoms with Gasteiger partial charge in [-0.1, -0.05) is 44.2 Å². The zero-order chi connectivity index (χ0) is 24.4. The molecule has 1 fully saturated rings. The molecule has 174 valence electrons. The number of carbonyl (C=O) groups is 2. The van der Waals surface area contributed by atoms with Crippen LogP contribution in [0.25, 0.3) is 5.76 Å². The Morgan fingerprint density at radius 1 is 1.09 bits per heavy atom. The summed E-state index contributed by atoms with van der Waals surface area (Å²) >= 11 is 0. The quantitative estimate of drug-likeness (QED) is 0.299. The van der Waals surface area contributed by atoms with Crippen LogP contribution in [0, 0.1) is 6.92 Å². The number of Topliss-reactive ketones (excluding diaryl/α,β-unsaturated/α-hetero) is 1. The summed E-state index contributed by atoms with van der Waals surface area (Å²) in [6.45, 7) is 8.45. The van der Waals surface area contributed by atoms with Gasteiger partial charge in [0.05, 0.1) is 18.2 Å². The fourth-order valence-corrected chi connectivity index (χ4v) is 4.25. The molecule has 0 saturated carbocycles. The van der Waals surface area contributed by atoms with Gasteiger partial charge in [-0.25, -0.2) is 4.98 Å². The Morgan fingerprint density at radius 3 is 2.41 bits per heavy atom. The van der Waals surface area contributed by atoms with Gasteiger partial charge in [0.15, 0.2) is 0 Å². The second-order valence-electron chi connectivity index (χ2n) is 8.59. The Kier molecular flexibility index (Phi) is 6.50. The first kappa shape index (κ1) is 23.2. The number of ether oxygens (including phenoxy) is 1. The average Bonchev–Trinajstić information content (AvgIpc) is 3.10. The van der Waals surface area contributed by atoms with Gasteiger partial charge < -0.3 is 9.84 Å². The molecule has 34 heavy (non-hydrogen) atoms. The zero-order valence-corrected chi connectivity index (χ0v) is 19.8. The predicted octanol–water partition coefficient (Wildman–Crippen LogP) is 5.54. The molecule has 1 amide bonds. The minimum atomic E-state index is -0.804. The number of carbonyl (C=O) groups excluding carboxylic acids is 2. The molecule has 6 nitrogen and oxygen atoms in total. The van der Waals surface area contributed by atoms with Gasteiger partial charge in [-0.05, 0) is 66.8 Å². The molecule has 0 unspecified atom stereocenters. The molecule has 1 aliphatic rings. The number of aromatic nitrogens is 1. The monoisotopic (exact) mass is 456 g/mol. The van der Waals surface area contributed by atoms with E-state index >= 15 is 0 Å². The van der Waals surface area contributed by atoms with Gasteiger partial charge in [0, 0.05) is 11.8 Å². The van der Waals surface area contributed by atoms with Gasteiger partial charge in [0.1, 0.15) is 17.3 Å². The van der Waals surface area contributed by atoms with Crippen molar-refractivity contribution in [2.75, 3.05) is 11.5 Å². The largest absolute Gasteiger partial charge is 0.507 e. The van der Waals surface area contributed by atoms with Crippen molar-refractivity contribution in [3.05, 3.63) is 94.7 Å². The smallest absolute Gasteiger partial charge is 0.301 e. The van der Waals surface area contributed by atoms with Crippen molar-refractivity contribution >= 4 is 23.3 Å². The Hall–Kier alpha value is -3.93. The molecular formula is C28H28N2O4. The van der Waals surface area contributed by atoms with E-state index in [2.05, 4.69) is 18.8 Å². The average molecular weight is 457 g/mol. The third-order valence-corrected chi connectivity index (χ3v) is 6.02. The molecule has 1 saturated heterocycles.